The quantitative estimate of drug-likeness (QED) is 0.888. The zero-order valence-corrected chi connectivity index (χ0v) is 10.5. The molecule has 2 aromatic rings. The van der Waals surface area contributed by atoms with E-state index in [1.807, 2.05) is 0 Å². The molecule has 0 saturated carbocycles. The van der Waals surface area contributed by atoms with E-state index in [1.54, 1.807) is 12.1 Å². The molecule has 0 aliphatic rings. The lowest BCUT2D eigenvalue weighted by atomic mass is 10.2. The second kappa shape index (κ2) is 5.25. The zero-order chi connectivity index (χ0) is 13.1. The number of aromatic hydroxyl groups is 1. The Morgan fingerprint density at radius 3 is 2.67 bits per heavy atom. The maximum absolute atomic E-state index is 11.9. The highest BCUT2D eigenvalue weighted by atomic mass is 35.5. The van der Waals surface area contributed by atoms with Crippen molar-refractivity contribution >= 4 is 34.9 Å². The molecule has 2 rings (SSSR count). The summed E-state index contributed by atoms with van der Waals surface area (Å²) in [6.45, 7) is 0. The number of hydrogen-bond donors (Lipinski definition) is 2. The SMILES string of the molecule is O=C(Nc1ccc(Cl)cn1)c1cc(O)ccc1Cl. The lowest BCUT2D eigenvalue weighted by Crippen LogP contribution is -2.13. The van der Waals surface area contributed by atoms with Gasteiger partial charge in [0.2, 0.25) is 0 Å². The van der Waals surface area contributed by atoms with Gasteiger partial charge in [-0.1, -0.05) is 23.2 Å². The summed E-state index contributed by atoms with van der Waals surface area (Å²) in [6, 6.07) is 7.31. The number of aromatic nitrogens is 1. The van der Waals surface area contributed by atoms with Crippen LogP contribution in [0.5, 0.6) is 5.75 Å². The van der Waals surface area contributed by atoms with Gasteiger partial charge in [0.05, 0.1) is 15.6 Å². The van der Waals surface area contributed by atoms with Gasteiger partial charge in [-0.2, -0.15) is 0 Å². The minimum atomic E-state index is -0.453. The van der Waals surface area contributed by atoms with Crippen molar-refractivity contribution in [2.75, 3.05) is 5.32 Å². The summed E-state index contributed by atoms with van der Waals surface area (Å²) in [4.78, 5) is 15.8. The Morgan fingerprint density at radius 1 is 1.22 bits per heavy atom. The highest BCUT2D eigenvalue weighted by molar-refractivity contribution is 6.34. The third-order valence-corrected chi connectivity index (χ3v) is 2.72. The van der Waals surface area contributed by atoms with Gasteiger partial charge in [-0.05, 0) is 30.3 Å². The number of pyridine rings is 1. The first-order chi connectivity index (χ1) is 8.56. The standard InChI is InChI=1S/C12H8Cl2N2O2/c13-7-1-4-11(15-6-7)16-12(18)9-5-8(17)2-3-10(9)14/h1-6,17H,(H,15,16,18). The van der Waals surface area contributed by atoms with E-state index in [0.29, 0.717) is 10.8 Å². The van der Waals surface area contributed by atoms with Crippen LogP contribution in [0.25, 0.3) is 0 Å². The molecule has 0 aliphatic heterocycles. The number of phenolic OH excluding ortho intramolecular Hbond substituents is 1. The normalized spacial score (nSPS) is 10.1. The number of nitrogens with zero attached hydrogens (tertiary/aromatic N) is 1. The fourth-order valence-corrected chi connectivity index (χ4v) is 1.64. The second-order valence-corrected chi connectivity index (χ2v) is 4.32. The molecule has 2 N–H and O–H groups in total. The summed E-state index contributed by atoms with van der Waals surface area (Å²) in [5, 5.41) is 12.6. The van der Waals surface area contributed by atoms with Crippen molar-refractivity contribution in [3.63, 3.8) is 0 Å². The van der Waals surface area contributed by atoms with Crippen molar-refractivity contribution in [2.45, 2.75) is 0 Å². The van der Waals surface area contributed by atoms with Gasteiger partial charge < -0.3 is 10.4 Å². The number of rotatable bonds is 2. The molecule has 0 spiro atoms. The number of hydrogen-bond acceptors (Lipinski definition) is 3. The van der Waals surface area contributed by atoms with Crippen LogP contribution in [0.1, 0.15) is 10.4 Å². The predicted molar refractivity (Wildman–Crippen MR) is 70.3 cm³/mol. The monoisotopic (exact) mass is 282 g/mol. The maximum atomic E-state index is 11.9. The molecule has 6 heteroatoms. The first kappa shape index (κ1) is 12.7. The molecule has 1 amide bonds. The van der Waals surface area contributed by atoms with E-state index in [0.717, 1.165) is 0 Å². The van der Waals surface area contributed by atoms with Crippen LogP contribution in [0.4, 0.5) is 5.82 Å². The van der Waals surface area contributed by atoms with Gasteiger partial charge >= 0.3 is 0 Å². The average Bonchev–Trinajstić information content (AvgIpc) is 2.35. The fraction of sp³-hybridized carbons (Fsp3) is 0. The molecule has 18 heavy (non-hydrogen) atoms. The van der Waals surface area contributed by atoms with E-state index in [-0.39, 0.29) is 16.3 Å². The Balaban J connectivity index is 2.21. The van der Waals surface area contributed by atoms with E-state index >= 15 is 0 Å². The second-order valence-electron chi connectivity index (χ2n) is 3.48. The maximum Gasteiger partial charge on any atom is 0.258 e. The number of anilines is 1. The lowest BCUT2D eigenvalue weighted by Gasteiger charge is -2.06. The molecule has 0 saturated heterocycles. The van der Waals surface area contributed by atoms with Crippen molar-refractivity contribution in [2.24, 2.45) is 0 Å². The number of carbonyl (C=O) groups is 1. The van der Waals surface area contributed by atoms with Gasteiger partial charge in [0.25, 0.3) is 5.91 Å². The molecule has 0 unspecified atom stereocenters. The molecular weight excluding hydrogens is 275 g/mol. The van der Waals surface area contributed by atoms with Crippen LogP contribution in [0, 0.1) is 0 Å². The molecule has 0 bridgehead atoms. The number of benzene rings is 1. The van der Waals surface area contributed by atoms with Crippen molar-refractivity contribution in [3.05, 3.63) is 52.1 Å². The Bertz CT molecular complexity index is 585. The van der Waals surface area contributed by atoms with Crippen LogP contribution < -0.4 is 5.32 Å². The Morgan fingerprint density at radius 2 is 2.00 bits per heavy atom. The van der Waals surface area contributed by atoms with Gasteiger partial charge in [0.1, 0.15) is 11.6 Å². The van der Waals surface area contributed by atoms with E-state index in [1.165, 1.54) is 24.4 Å². The number of phenols is 1. The Hall–Kier alpha value is -1.78. The van der Waals surface area contributed by atoms with E-state index in [9.17, 15) is 9.90 Å². The summed E-state index contributed by atoms with van der Waals surface area (Å²) in [7, 11) is 0. The molecule has 1 aromatic heterocycles. The third kappa shape index (κ3) is 2.91. The van der Waals surface area contributed by atoms with Gasteiger partial charge in [0.15, 0.2) is 0 Å². The highest BCUT2D eigenvalue weighted by Crippen LogP contribution is 2.22. The predicted octanol–water partition coefficient (Wildman–Crippen LogP) is 3.35. The number of nitrogens with one attached hydrogen (secondary N) is 1. The zero-order valence-electron chi connectivity index (χ0n) is 9.02. The smallest absolute Gasteiger partial charge is 0.258 e. The Labute approximate surface area is 113 Å². The van der Waals surface area contributed by atoms with Crippen LogP contribution in [-0.2, 0) is 0 Å². The van der Waals surface area contributed by atoms with Crippen molar-refractivity contribution in [1.82, 2.24) is 4.98 Å². The van der Waals surface area contributed by atoms with E-state index in [4.69, 9.17) is 23.2 Å². The highest BCUT2D eigenvalue weighted by Gasteiger charge is 2.11. The fourth-order valence-electron chi connectivity index (χ4n) is 1.32. The molecule has 4 nitrogen and oxygen atoms in total. The Kier molecular flexibility index (Phi) is 3.69. The van der Waals surface area contributed by atoms with Gasteiger partial charge in [-0.25, -0.2) is 4.98 Å². The van der Waals surface area contributed by atoms with Gasteiger partial charge in [-0.3, -0.25) is 4.79 Å². The van der Waals surface area contributed by atoms with Crippen molar-refractivity contribution in [3.8, 4) is 5.75 Å². The topological polar surface area (TPSA) is 62.2 Å². The molecule has 1 heterocycles. The summed E-state index contributed by atoms with van der Waals surface area (Å²) in [5.41, 5.74) is 0.174. The third-order valence-electron chi connectivity index (χ3n) is 2.16. The molecule has 1 aromatic carbocycles. The summed E-state index contributed by atoms with van der Waals surface area (Å²) in [6.07, 6.45) is 1.42. The van der Waals surface area contributed by atoms with Crippen LogP contribution in [-0.4, -0.2) is 16.0 Å². The first-order valence-electron chi connectivity index (χ1n) is 4.97. The van der Waals surface area contributed by atoms with Crippen LogP contribution in [0.3, 0.4) is 0 Å². The van der Waals surface area contributed by atoms with Gasteiger partial charge in [0, 0.05) is 6.20 Å². The molecule has 0 radical (unpaired) electrons. The molecular formula is C12H8Cl2N2O2. The molecule has 0 fully saturated rings. The van der Waals surface area contributed by atoms with Crippen molar-refractivity contribution in [1.29, 1.82) is 0 Å². The first-order valence-corrected chi connectivity index (χ1v) is 5.73. The van der Waals surface area contributed by atoms with Crippen LogP contribution >= 0.6 is 23.2 Å². The number of amides is 1. The van der Waals surface area contributed by atoms with E-state index in [2.05, 4.69) is 10.3 Å². The van der Waals surface area contributed by atoms with Gasteiger partial charge in [-0.15, -0.1) is 0 Å². The molecule has 0 atom stereocenters. The van der Waals surface area contributed by atoms with Crippen LogP contribution in [0.15, 0.2) is 36.5 Å². The average molecular weight is 283 g/mol. The minimum Gasteiger partial charge on any atom is -0.508 e. The number of halogens is 2. The lowest BCUT2D eigenvalue weighted by molar-refractivity contribution is 0.102. The summed E-state index contributed by atoms with van der Waals surface area (Å²) in [5.74, 6) is -0.136. The van der Waals surface area contributed by atoms with Crippen molar-refractivity contribution < 1.29 is 9.90 Å². The summed E-state index contributed by atoms with van der Waals surface area (Å²) >= 11 is 11.6. The molecule has 0 aliphatic carbocycles. The number of carbonyl (C=O) groups excluding carboxylic acids is 1. The minimum absolute atomic E-state index is 0.0337. The van der Waals surface area contributed by atoms with E-state index < -0.39 is 5.91 Å². The molecule has 92 valence electrons. The summed E-state index contributed by atoms with van der Waals surface area (Å²) < 4.78 is 0. The largest absolute Gasteiger partial charge is 0.508 e. The van der Waals surface area contributed by atoms with Crippen LogP contribution in [0.2, 0.25) is 10.0 Å².